The second-order valence-electron chi connectivity index (χ2n) is 4.39. The van der Waals surface area contributed by atoms with Gasteiger partial charge in [-0.3, -0.25) is 14.6 Å². The Bertz CT molecular complexity index is 491. The zero-order chi connectivity index (χ0) is 14.6. The summed E-state index contributed by atoms with van der Waals surface area (Å²) in [5, 5.41) is 9.18. The zero-order valence-electron chi connectivity index (χ0n) is 11.2. The number of halogens is 1. The highest BCUT2D eigenvalue weighted by molar-refractivity contribution is 6.33. The highest BCUT2D eigenvalue weighted by Gasteiger charge is 2.24. The van der Waals surface area contributed by atoms with E-state index in [2.05, 4.69) is 4.98 Å². The molecule has 1 aromatic heterocycles. The first-order valence-corrected chi connectivity index (χ1v) is 6.39. The normalized spacial score (nSPS) is 12.0. The lowest BCUT2D eigenvalue weighted by atomic mass is 10.1. The summed E-state index contributed by atoms with van der Waals surface area (Å²) in [7, 11) is 0. The van der Waals surface area contributed by atoms with Crippen molar-refractivity contribution in [3.8, 4) is 0 Å². The van der Waals surface area contributed by atoms with E-state index < -0.39 is 11.9 Å². The van der Waals surface area contributed by atoms with Gasteiger partial charge in [0.1, 0.15) is 6.54 Å². The zero-order valence-corrected chi connectivity index (χ0v) is 11.9. The monoisotopic (exact) mass is 284 g/mol. The lowest BCUT2D eigenvalue weighted by molar-refractivity contribution is -0.138. The molecule has 1 atom stereocenters. The van der Waals surface area contributed by atoms with Crippen molar-refractivity contribution in [2.75, 3.05) is 6.54 Å². The molecule has 104 valence electrons. The Labute approximate surface area is 117 Å². The van der Waals surface area contributed by atoms with Crippen LogP contribution in [-0.4, -0.2) is 39.5 Å². The third-order valence-corrected chi connectivity index (χ3v) is 3.22. The number of carboxylic acids is 1. The third kappa shape index (κ3) is 3.92. The maximum Gasteiger partial charge on any atom is 0.323 e. The SMILES string of the molecule is CCC(C)N(CC(=O)O)C(=O)c1cnc(C)cc1Cl. The van der Waals surface area contributed by atoms with Crippen LogP contribution < -0.4 is 0 Å². The Kier molecular flexibility index (Phi) is 5.30. The molecule has 0 aliphatic rings. The van der Waals surface area contributed by atoms with Crippen molar-refractivity contribution in [3.05, 3.63) is 28.5 Å². The van der Waals surface area contributed by atoms with Gasteiger partial charge in [-0.2, -0.15) is 0 Å². The molecule has 0 saturated carbocycles. The van der Waals surface area contributed by atoms with E-state index in [0.29, 0.717) is 12.1 Å². The van der Waals surface area contributed by atoms with E-state index in [0.717, 1.165) is 0 Å². The van der Waals surface area contributed by atoms with Crippen LogP contribution in [-0.2, 0) is 4.79 Å². The number of nitrogens with zero attached hydrogens (tertiary/aromatic N) is 2. The average molecular weight is 285 g/mol. The Balaban J connectivity index is 3.08. The Morgan fingerprint density at radius 2 is 2.16 bits per heavy atom. The molecular weight excluding hydrogens is 268 g/mol. The molecule has 1 N–H and O–H groups in total. The van der Waals surface area contributed by atoms with Crippen molar-refractivity contribution in [2.24, 2.45) is 0 Å². The molecule has 0 radical (unpaired) electrons. The average Bonchev–Trinajstić information content (AvgIpc) is 2.34. The molecule has 0 spiro atoms. The number of amides is 1. The molecule has 5 nitrogen and oxygen atoms in total. The number of aryl methyl sites for hydroxylation is 1. The number of aromatic nitrogens is 1. The first kappa shape index (κ1) is 15.4. The minimum absolute atomic E-state index is 0.180. The number of hydrogen-bond acceptors (Lipinski definition) is 3. The third-order valence-electron chi connectivity index (χ3n) is 2.91. The van der Waals surface area contributed by atoms with Gasteiger partial charge in [-0.25, -0.2) is 0 Å². The number of aliphatic carboxylic acids is 1. The summed E-state index contributed by atoms with van der Waals surface area (Å²) in [6, 6.07) is 1.41. The number of carbonyl (C=O) groups excluding carboxylic acids is 1. The summed E-state index contributed by atoms with van der Waals surface area (Å²) >= 11 is 6.02. The predicted octanol–water partition coefficient (Wildman–Crippen LogP) is 2.37. The fourth-order valence-electron chi connectivity index (χ4n) is 1.63. The van der Waals surface area contributed by atoms with Crippen LogP contribution in [0.5, 0.6) is 0 Å². The first-order chi connectivity index (χ1) is 8.86. The van der Waals surface area contributed by atoms with Crippen molar-refractivity contribution in [2.45, 2.75) is 33.2 Å². The molecule has 6 heteroatoms. The minimum atomic E-state index is -1.05. The summed E-state index contributed by atoms with van der Waals surface area (Å²) < 4.78 is 0. The van der Waals surface area contributed by atoms with E-state index in [1.54, 1.807) is 19.9 Å². The van der Waals surface area contributed by atoms with E-state index >= 15 is 0 Å². The van der Waals surface area contributed by atoms with Crippen LogP contribution >= 0.6 is 11.6 Å². The van der Waals surface area contributed by atoms with Crippen molar-refractivity contribution in [1.82, 2.24) is 9.88 Å². The van der Waals surface area contributed by atoms with Crippen molar-refractivity contribution < 1.29 is 14.7 Å². The van der Waals surface area contributed by atoms with Gasteiger partial charge in [0.05, 0.1) is 10.6 Å². The van der Waals surface area contributed by atoms with Crippen molar-refractivity contribution in [1.29, 1.82) is 0 Å². The van der Waals surface area contributed by atoms with Crippen LogP contribution in [0, 0.1) is 6.92 Å². The summed E-state index contributed by atoms with van der Waals surface area (Å²) in [6.07, 6.45) is 2.05. The standard InChI is InChI=1S/C13H17ClN2O3/c1-4-9(3)16(7-12(17)18)13(19)10-6-15-8(2)5-11(10)14/h5-6,9H,4,7H2,1-3H3,(H,17,18). The van der Waals surface area contributed by atoms with Gasteiger partial charge in [0.25, 0.3) is 5.91 Å². The fourth-order valence-corrected chi connectivity index (χ4v) is 1.92. The maximum absolute atomic E-state index is 12.4. The molecule has 0 aromatic carbocycles. The highest BCUT2D eigenvalue weighted by atomic mass is 35.5. The summed E-state index contributed by atoms with van der Waals surface area (Å²) in [4.78, 5) is 28.5. The lowest BCUT2D eigenvalue weighted by Crippen LogP contribution is -2.42. The Morgan fingerprint density at radius 3 is 2.63 bits per heavy atom. The Morgan fingerprint density at radius 1 is 1.53 bits per heavy atom. The lowest BCUT2D eigenvalue weighted by Gasteiger charge is -2.27. The topological polar surface area (TPSA) is 70.5 Å². The molecule has 0 aliphatic carbocycles. The molecule has 0 fully saturated rings. The van der Waals surface area contributed by atoms with Gasteiger partial charge >= 0.3 is 5.97 Å². The molecule has 1 aromatic rings. The second-order valence-corrected chi connectivity index (χ2v) is 4.80. The van der Waals surface area contributed by atoms with Crippen molar-refractivity contribution >= 4 is 23.5 Å². The van der Waals surface area contributed by atoms with Crippen LogP contribution in [0.1, 0.15) is 36.3 Å². The van der Waals surface area contributed by atoms with E-state index in [1.807, 2.05) is 6.92 Å². The van der Waals surface area contributed by atoms with E-state index in [1.165, 1.54) is 11.1 Å². The largest absolute Gasteiger partial charge is 0.480 e. The molecule has 1 unspecified atom stereocenters. The molecule has 0 aliphatic heterocycles. The van der Waals surface area contributed by atoms with E-state index in [9.17, 15) is 9.59 Å². The minimum Gasteiger partial charge on any atom is -0.480 e. The molecule has 1 rings (SSSR count). The molecule has 0 saturated heterocycles. The maximum atomic E-state index is 12.4. The van der Waals surface area contributed by atoms with Gasteiger partial charge in [0, 0.05) is 17.9 Å². The smallest absolute Gasteiger partial charge is 0.323 e. The van der Waals surface area contributed by atoms with Crippen molar-refractivity contribution in [3.63, 3.8) is 0 Å². The number of pyridine rings is 1. The number of hydrogen-bond donors (Lipinski definition) is 1. The van der Waals surface area contributed by atoms with E-state index in [-0.39, 0.29) is 23.2 Å². The van der Waals surface area contributed by atoms with Gasteiger partial charge in [-0.15, -0.1) is 0 Å². The van der Waals surface area contributed by atoms with Gasteiger partial charge in [0.2, 0.25) is 0 Å². The molecule has 0 bridgehead atoms. The van der Waals surface area contributed by atoms with Gasteiger partial charge in [-0.1, -0.05) is 18.5 Å². The van der Waals surface area contributed by atoms with Crippen LogP contribution in [0.4, 0.5) is 0 Å². The number of rotatable bonds is 5. The molecule has 1 heterocycles. The predicted molar refractivity (Wildman–Crippen MR) is 72.4 cm³/mol. The fraction of sp³-hybridized carbons (Fsp3) is 0.462. The first-order valence-electron chi connectivity index (χ1n) is 6.01. The van der Waals surface area contributed by atoms with Gasteiger partial charge < -0.3 is 10.0 Å². The second kappa shape index (κ2) is 6.52. The summed E-state index contributed by atoms with van der Waals surface area (Å²) in [5.41, 5.74) is 0.934. The van der Waals surface area contributed by atoms with Gasteiger partial charge in [0.15, 0.2) is 0 Å². The van der Waals surface area contributed by atoms with Crippen LogP contribution in [0.15, 0.2) is 12.3 Å². The number of carbonyl (C=O) groups is 2. The molecule has 19 heavy (non-hydrogen) atoms. The van der Waals surface area contributed by atoms with Crippen LogP contribution in [0.3, 0.4) is 0 Å². The van der Waals surface area contributed by atoms with E-state index in [4.69, 9.17) is 16.7 Å². The Hall–Kier alpha value is -1.62. The quantitative estimate of drug-likeness (QED) is 0.901. The van der Waals surface area contributed by atoms with Crippen LogP contribution in [0.25, 0.3) is 0 Å². The van der Waals surface area contributed by atoms with Gasteiger partial charge in [-0.05, 0) is 26.3 Å². The summed E-state index contributed by atoms with van der Waals surface area (Å²) in [6.45, 7) is 5.11. The number of carboxylic acid groups (broad SMARTS) is 1. The molecule has 1 amide bonds. The highest BCUT2D eigenvalue weighted by Crippen LogP contribution is 2.19. The summed E-state index contributed by atoms with van der Waals surface area (Å²) in [5.74, 6) is -1.46. The van der Waals surface area contributed by atoms with Crippen LogP contribution in [0.2, 0.25) is 5.02 Å². The molecular formula is C13H17ClN2O3.